The highest BCUT2D eigenvalue weighted by molar-refractivity contribution is 7.20. The number of aromatic nitrogens is 1. The smallest absolute Gasteiger partial charge is 0.348 e. The van der Waals surface area contributed by atoms with Crippen LogP contribution in [0.25, 0.3) is 21.1 Å². The summed E-state index contributed by atoms with van der Waals surface area (Å²) in [6, 6.07) is 11.8. The zero-order chi connectivity index (χ0) is 11.8. The summed E-state index contributed by atoms with van der Waals surface area (Å²) in [7, 11) is 1.39. The number of thiophene rings is 1. The molecule has 3 rings (SSSR count). The first kappa shape index (κ1) is 10.2. The van der Waals surface area contributed by atoms with Gasteiger partial charge >= 0.3 is 5.97 Å². The van der Waals surface area contributed by atoms with Gasteiger partial charge in [-0.3, -0.25) is 0 Å². The van der Waals surface area contributed by atoms with Crippen LogP contribution in [0.1, 0.15) is 9.67 Å². The van der Waals surface area contributed by atoms with Gasteiger partial charge in [0, 0.05) is 10.8 Å². The highest BCUT2D eigenvalue weighted by Gasteiger charge is 2.11. The van der Waals surface area contributed by atoms with Crippen LogP contribution in [-0.2, 0) is 4.74 Å². The number of para-hydroxylation sites is 1. The van der Waals surface area contributed by atoms with Crippen molar-refractivity contribution in [1.29, 1.82) is 0 Å². The number of pyridine rings is 1. The molecule has 3 nitrogen and oxygen atoms in total. The normalized spacial score (nSPS) is 10.9. The van der Waals surface area contributed by atoms with Gasteiger partial charge in [0.25, 0.3) is 0 Å². The Morgan fingerprint density at radius 2 is 2.06 bits per heavy atom. The highest BCUT2D eigenvalue weighted by atomic mass is 32.1. The number of esters is 1. The number of ether oxygens (including phenoxy) is 1. The summed E-state index contributed by atoms with van der Waals surface area (Å²) < 4.78 is 4.71. The second-order valence-corrected chi connectivity index (χ2v) is 4.71. The van der Waals surface area contributed by atoms with Crippen LogP contribution in [0, 0.1) is 0 Å². The molecule has 0 saturated heterocycles. The van der Waals surface area contributed by atoms with Crippen LogP contribution in [0.2, 0.25) is 0 Å². The molecule has 2 heterocycles. The van der Waals surface area contributed by atoms with Gasteiger partial charge in [-0.2, -0.15) is 0 Å². The van der Waals surface area contributed by atoms with E-state index in [0.717, 1.165) is 21.1 Å². The number of fused-ring (bicyclic) bond motifs is 2. The minimum Gasteiger partial charge on any atom is -0.465 e. The van der Waals surface area contributed by atoms with E-state index in [1.165, 1.54) is 18.4 Å². The third-order valence-corrected chi connectivity index (χ3v) is 3.62. The average Bonchev–Trinajstić information content (AvgIpc) is 2.77. The molecule has 2 aromatic heterocycles. The van der Waals surface area contributed by atoms with Gasteiger partial charge in [-0.15, -0.1) is 11.3 Å². The molecule has 0 amide bonds. The number of rotatable bonds is 1. The Labute approximate surface area is 102 Å². The number of benzene rings is 1. The van der Waals surface area contributed by atoms with E-state index >= 15 is 0 Å². The summed E-state index contributed by atoms with van der Waals surface area (Å²) in [5, 5.41) is 2.06. The second kappa shape index (κ2) is 3.82. The minimum absolute atomic E-state index is 0.308. The van der Waals surface area contributed by atoms with Gasteiger partial charge in [-0.25, -0.2) is 9.78 Å². The Morgan fingerprint density at radius 1 is 1.24 bits per heavy atom. The van der Waals surface area contributed by atoms with E-state index < -0.39 is 0 Å². The van der Waals surface area contributed by atoms with Gasteiger partial charge in [0.2, 0.25) is 0 Å². The summed E-state index contributed by atoms with van der Waals surface area (Å²) in [6.45, 7) is 0. The van der Waals surface area contributed by atoms with Crippen molar-refractivity contribution in [1.82, 2.24) is 4.98 Å². The maximum atomic E-state index is 11.4. The Bertz CT molecular complexity index is 665. The molecule has 0 fully saturated rings. The van der Waals surface area contributed by atoms with Crippen LogP contribution < -0.4 is 0 Å². The molecule has 0 spiro atoms. The predicted molar refractivity (Wildman–Crippen MR) is 68.5 cm³/mol. The second-order valence-electron chi connectivity index (χ2n) is 3.68. The van der Waals surface area contributed by atoms with Crippen LogP contribution in [0.4, 0.5) is 0 Å². The monoisotopic (exact) mass is 243 g/mol. The number of hydrogen-bond donors (Lipinski definition) is 0. The third-order valence-electron chi connectivity index (χ3n) is 2.60. The molecule has 17 heavy (non-hydrogen) atoms. The van der Waals surface area contributed by atoms with Crippen molar-refractivity contribution in [3.05, 3.63) is 41.3 Å². The van der Waals surface area contributed by atoms with Crippen LogP contribution in [0.3, 0.4) is 0 Å². The van der Waals surface area contributed by atoms with Crippen LogP contribution in [0.15, 0.2) is 36.4 Å². The highest BCUT2D eigenvalue weighted by Crippen LogP contribution is 2.27. The van der Waals surface area contributed by atoms with E-state index in [0.29, 0.717) is 4.88 Å². The van der Waals surface area contributed by atoms with Gasteiger partial charge in [-0.05, 0) is 18.2 Å². The summed E-state index contributed by atoms with van der Waals surface area (Å²) >= 11 is 1.36. The summed E-state index contributed by atoms with van der Waals surface area (Å²) in [5.41, 5.74) is 0.943. The lowest BCUT2D eigenvalue weighted by molar-refractivity contribution is 0.0606. The fourth-order valence-electron chi connectivity index (χ4n) is 1.78. The Kier molecular flexibility index (Phi) is 2.30. The molecule has 0 atom stereocenters. The van der Waals surface area contributed by atoms with Crippen molar-refractivity contribution in [3.63, 3.8) is 0 Å². The summed E-state index contributed by atoms with van der Waals surface area (Å²) in [4.78, 5) is 17.4. The molecule has 1 aromatic carbocycles. The summed E-state index contributed by atoms with van der Waals surface area (Å²) in [5.74, 6) is -0.308. The van der Waals surface area contributed by atoms with Crippen molar-refractivity contribution < 1.29 is 9.53 Å². The number of carbonyl (C=O) groups excluding carboxylic acids is 1. The first-order valence-corrected chi connectivity index (χ1v) is 5.97. The van der Waals surface area contributed by atoms with E-state index in [-0.39, 0.29) is 5.97 Å². The molecule has 0 unspecified atom stereocenters. The lowest BCUT2D eigenvalue weighted by Crippen LogP contribution is -1.96. The van der Waals surface area contributed by atoms with E-state index in [2.05, 4.69) is 4.98 Å². The van der Waals surface area contributed by atoms with E-state index in [1.807, 2.05) is 36.4 Å². The SMILES string of the molecule is COC(=O)c1cc2cc3ccccc3nc2s1. The van der Waals surface area contributed by atoms with Crippen molar-refractivity contribution in [3.8, 4) is 0 Å². The standard InChI is InChI=1S/C13H9NO2S/c1-16-13(15)11-7-9-6-8-4-2-3-5-10(8)14-12(9)17-11/h2-7H,1H3. The van der Waals surface area contributed by atoms with E-state index in [4.69, 9.17) is 4.74 Å². The molecule has 3 aromatic rings. The lowest BCUT2D eigenvalue weighted by atomic mass is 10.2. The van der Waals surface area contributed by atoms with Gasteiger partial charge in [0.1, 0.15) is 9.71 Å². The van der Waals surface area contributed by atoms with Crippen molar-refractivity contribution in [2.45, 2.75) is 0 Å². The molecular weight excluding hydrogens is 234 g/mol. The molecule has 4 heteroatoms. The largest absolute Gasteiger partial charge is 0.465 e. The quantitative estimate of drug-likeness (QED) is 0.616. The minimum atomic E-state index is -0.308. The van der Waals surface area contributed by atoms with E-state index in [9.17, 15) is 4.79 Å². The molecule has 0 radical (unpaired) electrons. The molecule has 0 aliphatic rings. The van der Waals surface area contributed by atoms with Gasteiger partial charge in [-0.1, -0.05) is 18.2 Å². The number of carbonyl (C=O) groups is 1. The Morgan fingerprint density at radius 3 is 2.88 bits per heavy atom. The average molecular weight is 243 g/mol. The number of methoxy groups -OCH3 is 1. The molecular formula is C13H9NO2S. The van der Waals surface area contributed by atoms with Crippen LogP contribution in [-0.4, -0.2) is 18.1 Å². The van der Waals surface area contributed by atoms with Crippen molar-refractivity contribution in [2.24, 2.45) is 0 Å². The predicted octanol–water partition coefficient (Wildman–Crippen LogP) is 3.24. The fourth-order valence-corrected chi connectivity index (χ4v) is 2.72. The molecule has 0 aliphatic carbocycles. The molecule has 84 valence electrons. The van der Waals surface area contributed by atoms with Crippen molar-refractivity contribution >= 4 is 38.4 Å². The van der Waals surface area contributed by atoms with Gasteiger partial charge in [0.15, 0.2) is 0 Å². The Hall–Kier alpha value is -1.94. The zero-order valence-electron chi connectivity index (χ0n) is 9.14. The fraction of sp³-hybridized carbons (Fsp3) is 0.0769. The topological polar surface area (TPSA) is 39.2 Å². The maximum absolute atomic E-state index is 11.4. The first-order valence-electron chi connectivity index (χ1n) is 5.15. The van der Waals surface area contributed by atoms with E-state index in [1.54, 1.807) is 0 Å². The third kappa shape index (κ3) is 1.66. The molecule has 0 N–H and O–H groups in total. The number of nitrogens with zero attached hydrogens (tertiary/aromatic N) is 1. The van der Waals surface area contributed by atoms with Crippen molar-refractivity contribution in [2.75, 3.05) is 7.11 Å². The summed E-state index contributed by atoms with van der Waals surface area (Å²) in [6.07, 6.45) is 0. The number of hydrogen-bond acceptors (Lipinski definition) is 4. The Balaban J connectivity index is 2.28. The maximum Gasteiger partial charge on any atom is 0.348 e. The lowest BCUT2D eigenvalue weighted by Gasteiger charge is -1.95. The molecule has 0 aliphatic heterocycles. The van der Waals surface area contributed by atoms with Crippen LogP contribution in [0.5, 0.6) is 0 Å². The zero-order valence-corrected chi connectivity index (χ0v) is 9.95. The molecule has 0 bridgehead atoms. The molecule has 0 saturated carbocycles. The van der Waals surface area contributed by atoms with Crippen LogP contribution >= 0.6 is 11.3 Å². The first-order chi connectivity index (χ1) is 8.28. The van der Waals surface area contributed by atoms with Gasteiger partial charge < -0.3 is 4.74 Å². The van der Waals surface area contributed by atoms with Gasteiger partial charge in [0.05, 0.1) is 12.6 Å².